The van der Waals surface area contributed by atoms with Gasteiger partial charge in [-0.15, -0.1) is 16.4 Å². The minimum Gasteiger partial charge on any atom is -0.476 e. The Hall–Kier alpha value is -2.22. The van der Waals surface area contributed by atoms with Crippen LogP contribution < -0.4 is 5.32 Å². The fraction of sp³-hybridized carbons (Fsp3) is 0.273. The van der Waals surface area contributed by atoms with Crippen LogP contribution in [-0.4, -0.2) is 32.0 Å². The second-order valence-corrected chi connectivity index (χ2v) is 4.89. The van der Waals surface area contributed by atoms with Gasteiger partial charge in [-0.25, -0.2) is 9.48 Å². The Morgan fingerprint density at radius 2 is 2.37 bits per heavy atom. The first-order valence-electron chi connectivity index (χ1n) is 5.52. The molecule has 0 aliphatic rings. The second-order valence-electron chi connectivity index (χ2n) is 3.91. The quantitative estimate of drug-likeness (QED) is 0.848. The molecular formula is C11H12N4O3S. The molecule has 0 aromatic carbocycles. The number of carboxylic acid groups (broad SMARTS) is 1. The molecule has 2 aromatic rings. The van der Waals surface area contributed by atoms with Gasteiger partial charge in [0, 0.05) is 4.88 Å². The van der Waals surface area contributed by atoms with E-state index in [0.717, 1.165) is 4.88 Å². The molecule has 2 N–H and O–H groups in total. The van der Waals surface area contributed by atoms with Gasteiger partial charge in [0.05, 0.1) is 12.2 Å². The molecular weight excluding hydrogens is 268 g/mol. The molecule has 0 aliphatic heterocycles. The Morgan fingerprint density at radius 3 is 2.95 bits per heavy atom. The lowest BCUT2D eigenvalue weighted by Gasteiger charge is -2.11. The van der Waals surface area contributed by atoms with Crippen molar-refractivity contribution in [2.75, 3.05) is 0 Å². The van der Waals surface area contributed by atoms with Crippen LogP contribution in [0.25, 0.3) is 0 Å². The molecule has 2 heterocycles. The molecule has 0 bridgehead atoms. The van der Waals surface area contributed by atoms with Crippen molar-refractivity contribution in [2.45, 2.75) is 19.5 Å². The molecule has 0 spiro atoms. The Balaban J connectivity index is 1.92. The number of carboxylic acids is 1. The van der Waals surface area contributed by atoms with Crippen molar-refractivity contribution in [3.63, 3.8) is 0 Å². The molecule has 0 aliphatic carbocycles. The molecule has 100 valence electrons. The van der Waals surface area contributed by atoms with Crippen LogP contribution in [-0.2, 0) is 11.3 Å². The van der Waals surface area contributed by atoms with Crippen LogP contribution in [0.5, 0.6) is 0 Å². The van der Waals surface area contributed by atoms with Gasteiger partial charge in [-0.3, -0.25) is 4.79 Å². The third kappa shape index (κ3) is 3.38. The third-order valence-electron chi connectivity index (χ3n) is 2.41. The van der Waals surface area contributed by atoms with Crippen LogP contribution in [0, 0.1) is 0 Å². The second kappa shape index (κ2) is 5.61. The highest BCUT2D eigenvalue weighted by atomic mass is 32.1. The zero-order valence-corrected chi connectivity index (χ0v) is 10.9. The van der Waals surface area contributed by atoms with Crippen molar-refractivity contribution < 1.29 is 14.7 Å². The number of amides is 1. The number of nitrogens with one attached hydrogen (secondary N) is 1. The first-order valence-corrected chi connectivity index (χ1v) is 6.40. The number of hydrogen-bond acceptors (Lipinski definition) is 5. The summed E-state index contributed by atoms with van der Waals surface area (Å²) in [4.78, 5) is 23.4. The summed E-state index contributed by atoms with van der Waals surface area (Å²) in [6.45, 7) is 1.82. The van der Waals surface area contributed by atoms with E-state index in [1.54, 1.807) is 11.3 Å². The number of carbonyl (C=O) groups excluding carboxylic acids is 1. The lowest BCUT2D eigenvalue weighted by molar-refractivity contribution is -0.122. The van der Waals surface area contributed by atoms with Gasteiger partial charge >= 0.3 is 5.97 Å². The zero-order chi connectivity index (χ0) is 13.8. The van der Waals surface area contributed by atoms with E-state index >= 15 is 0 Å². The number of aromatic nitrogens is 3. The van der Waals surface area contributed by atoms with Gasteiger partial charge in [-0.05, 0) is 18.4 Å². The number of thiophene rings is 1. The highest BCUT2D eigenvalue weighted by molar-refractivity contribution is 7.10. The molecule has 1 atom stereocenters. The third-order valence-corrected chi connectivity index (χ3v) is 3.47. The van der Waals surface area contributed by atoms with Gasteiger partial charge in [-0.2, -0.15) is 0 Å². The first kappa shape index (κ1) is 13.2. The summed E-state index contributed by atoms with van der Waals surface area (Å²) < 4.78 is 1.19. The SMILES string of the molecule is CC(NC(=O)Cn1cc(C(=O)O)nn1)c1cccs1. The van der Waals surface area contributed by atoms with E-state index in [-0.39, 0.29) is 24.2 Å². The smallest absolute Gasteiger partial charge is 0.358 e. The molecule has 0 fully saturated rings. The van der Waals surface area contributed by atoms with Gasteiger partial charge in [-0.1, -0.05) is 11.3 Å². The molecule has 2 rings (SSSR count). The van der Waals surface area contributed by atoms with Crippen molar-refractivity contribution in [2.24, 2.45) is 0 Å². The number of carbonyl (C=O) groups is 2. The van der Waals surface area contributed by atoms with Crippen molar-refractivity contribution in [3.8, 4) is 0 Å². The maximum absolute atomic E-state index is 11.8. The van der Waals surface area contributed by atoms with Gasteiger partial charge in [0.25, 0.3) is 0 Å². The lowest BCUT2D eigenvalue weighted by atomic mass is 10.3. The van der Waals surface area contributed by atoms with Crippen molar-refractivity contribution in [3.05, 3.63) is 34.3 Å². The average molecular weight is 280 g/mol. The largest absolute Gasteiger partial charge is 0.476 e. The van der Waals surface area contributed by atoms with Gasteiger partial charge in [0.15, 0.2) is 5.69 Å². The van der Waals surface area contributed by atoms with Gasteiger partial charge in [0.1, 0.15) is 6.54 Å². The molecule has 1 unspecified atom stereocenters. The van der Waals surface area contributed by atoms with Gasteiger partial charge in [0.2, 0.25) is 5.91 Å². The summed E-state index contributed by atoms with van der Waals surface area (Å²) in [5.41, 5.74) is -0.181. The monoisotopic (exact) mass is 280 g/mol. The van der Waals surface area contributed by atoms with Crippen LogP contribution in [0.15, 0.2) is 23.7 Å². The van der Waals surface area contributed by atoms with Crippen LogP contribution in [0.2, 0.25) is 0 Å². The minimum absolute atomic E-state index is 0.0595. The van der Waals surface area contributed by atoms with Crippen LogP contribution >= 0.6 is 11.3 Å². The molecule has 1 amide bonds. The van der Waals surface area contributed by atoms with Crippen molar-refractivity contribution >= 4 is 23.2 Å². The highest BCUT2D eigenvalue weighted by Gasteiger charge is 2.13. The first-order chi connectivity index (χ1) is 9.06. The maximum Gasteiger partial charge on any atom is 0.358 e. The number of aromatic carboxylic acids is 1. The Labute approximate surface area is 112 Å². The fourth-order valence-corrected chi connectivity index (χ4v) is 2.25. The average Bonchev–Trinajstić information content (AvgIpc) is 2.98. The molecule has 8 heteroatoms. The summed E-state index contributed by atoms with van der Waals surface area (Å²) in [6, 6.07) is 3.77. The summed E-state index contributed by atoms with van der Waals surface area (Å²) in [7, 11) is 0. The van der Waals surface area contributed by atoms with Gasteiger partial charge < -0.3 is 10.4 Å². The standard InChI is InChI=1S/C11H12N4O3S/c1-7(9-3-2-4-19-9)12-10(16)6-15-5-8(11(17)18)13-14-15/h2-5,7H,6H2,1H3,(H,12,16)(H,17,18). The van der Waals surface area contributed by atoms with Crippen molar-refractivity contribution in [1.29, 1.82) is 0 Å². The van der Waals surface area contributed by atoms with E-state index in [1.165, 1.54) is 10.9 Å². The van der Waals surface area contributed by atoms with E-state index in [2.05, 4.69) is 15.6 Å². The van der Waals surface area contributed by atoms with E-state index < -0.39 is 5.97 Å². The summed E-state index contributed by atoms with van der Waals surface area (Å²) in [5, 5.41) is 20.4. The molecule has 19 heavy (non-hydrogen) atoms. The van der Waals surface area contributed by atoms with Crippen LogP contribution in [0.4, 0.5) is 0 Å². The summed E-state index contributed by atoms with van der Waals surface area (Å²) in [5.74, 6) is -1.42. The Morgan fingerprint density at radius 1 is 1.58 bits per heavy atom. The predicted molar refractivity (Wildman–Crippen MR) is 67.9 cm³/mol. The topological polar surface area (TPSA) is 97.1 Å². The summed E-state index contributed by atoms with van der Waals surface area (Å²) in [6.07, 6.45) is 1.22. The van der Waals surface area contributed by atoms with Crippen LogP contribution in [0.3, 0.4) is 0 Å². The molecule has 0 radical (unpaired) electrons. The molecule has 0 saturated heterocycles. The normalized spacial score (nSPS) is 12.1. The number of rotatable bonds is 5. The van der Waals surface area contributed by atoms with Crippen LogP contribution in [0.1, 0.15) is 28.3 Å². The molecule has 0 saturated carbocycles. The van der Waals surface area contributed by atoms with Crippen molar-refractivity contribution in [1.82, 2.24) is 20.3 Å². The van der Waals surface area contributed by atoms with E-state index in [1.807, 2.05) is 24.4 Å². The number of hydrogen-bond donors (Lipinski definition) is 2. The van der Waals surface area contributed by atoms with E-state index in [9.17, 15) is 9.59 Å². The van der Waals surface area contributed by atoms with E-state index in [0.29, 0.717) is 0 Å². The molecule has 7 nitrogen and oxygen atoms in total. The number of nitrogens with zero attached hydrogens (tertiary/aromatic N) is 3. The summed E-state index contributed by atoms with van der Waals surface area (Å²) >= 11 is 1.56. The zero-order valence-electron chi connectivity index (χ0n) is 10.1. The maximum atomic E-state index is 11.8. The highest BCUT2D eigenvalue weighted by Crippen LogP contribution is 2.17. The predicted octanol–water partition coefficient (Wildman–Crippen LogP) is 0.915. The van der Waals surface area contributed by atoms with E-state index in [4.69, 9.17) is 5.11 Å². The molecule has 2 aromatic heterocycles. The minimum atomic E-state index is -1.17. The lowest BCUT2D eigenvalue weighted by Crippen LogP contribution is -2.29. The fourth-order valence-electron chi connectivity index (χ4n) is 1.52. The Kier molecular flexibility index (Phi) is 3.91. The Bertz CT molecular complexity index is 579.